The van der Waals surface area contributed by atoms with E-state index in [1.54, 1.807) is 0 Å². The van der Waals surface area contributed by atoms with Gasteiger partial charge in [0.15, 0.2) is 9.89 Å². The molecule has 1 aliphatic heterocycles. The molecule has 5 heteroatoms. The molecule has 78 valence electrons. The summed E-state index contributed by atoms with van der Waals surface area (Å²) in [4.78, 5) is 4.23. The zero-order chi connectivity index (χ0) is 10.1. The van der Waals surface area contributed by atoms with Gasteiger partial charge in [0, 0.05) is 6.04 Å². The molecule has 0 fully saturated rings. The minimum absolute atomic E-state index is 0.470. The largest absolute Gasteiger partial charge is 0.330 e. The highest BCUT2D eigenvalue weighted by Crippen LogP contribution is 2.34. The Morgan fingerprint density at radius 3 is 3.14 bits per heavy atom. The van der Waals surface area contributed by atoms with Crippen molar-refractivity contribution in [3.8, 4) is 0 Å². The van der Waals surface area contributed by atoms with Gasteiger partial charge in [0.25, 0.3) is 0 Å². The summed E-state index contributed by atoms with van der Waals surface area (Å²) in [6, 6.07) is 0.470. The monoisotopic (exact) mass is 277 g/mol. The fourth-order valence-corrected chi connectivity index (χ4v) is 3.15. The van der Waals surface area contributed by atoms with Crippen molar-refractivity contribution in [3.05, 3.63) is 15.6 Å². The van der Waals surface area contributed by atoms with Crippen molar-refractivity contribution in [2.45, 2.75) is 31.7 Å². The first-order valence-electron chi connectivity index (χ1n) is 4.86. The Morgan fingerprint density at radius 1 is 1.64 bits per heavy atom. The summed E-state index contributed by atoms with van der Waals surface area (Å²) in [6.07, 6.45) is 4.38. The van der Waals surface area contributed by atoms with Gasteiger partial charge in [-0.1, -0.05) is 11.6 Å². The van der Waals surface area contributed by atoms with Crippen molar-refractivity contribution in [3.63, 3.8) is 0 Å². The van der Waals surface area contributed by atoms with Gasteiger partial charge in [0.2, 0.25) is 0 Å². The van der Waals surface area contributed by atoms with Crippen molar-refractivity contribution < 1.29 is 0 Å². The summed E-state index contributed by atoms with van der Waals surface area (Å²) in [6.45, 7) is 0.715. The van der Waals surface area contributed by atoms with E-state index in [9.17, 15) is 0 Å². The Hall–Kier alpha value is -0.0600. The second-order valence-corrected chi connectivity index (χ2v) is 4.68. The number of halogens is 2. The standard InChI is InChI=1S/C9H13BrClN3/c10-9-13-8(11)7-3-1-2-6(4-5-12)14(7)9/h6H,1-5,12H2. The third-order valence-corrected chi connectivity index (χ3v) is 3.60. The number of aromatic nitrogens is 2. The first-order valence-corrected chi connectivity index (χ1v) is 6.03. The second kappa shape index (κ2) is 4.21. The fourth-order valence-electron chi connectivity index (χ4n) is 2.10. The molecule has 1 aromatic rings. The van der Waals surface area contributed by atoms with Crippen LogP contribution in [0.5, 0.6) is 0 Å². The molecule has 1 aromatic heterocycles. The Kier molecular flexibility index (Phi) is 3.14. The highest BCUT2D eigenvalue weighted by Gasteiger charge is 2.24. The van der Waals surface area contributed by atoms with Gasteiger partial charge in [-0.15, -0.1) is 0 Å². The summed E-state index contributed by atoms with van der Waals surface area (Å²) < 4.78 is 3.04. The molecule has 2 rings (SSSR count). The smallest absolute Gasteiger partial charge is 0.179 e. The van der Waals surface area contributed by atoms with Crippen LogP contribution in [0.3, 0.4) is 0 Å². The molecule has 0 radical (unpaired) electrons. The van der Waals surface area contributed by atoms with E-state index < -0.39 is 0 Å². The van der Waals surface area contributed by atoms with E-state index in [0.29, 0.717) is 17.7 Å². The molecule has 0 bridgehead atoms. The molecule has 1 aliphatic rings. The van der Waals surface area contributed by atoms with Crippen LogP contribution >= 0.6 is 27.5 Å². The molecule has 3 nitrogen and oxygen atoms in total. The average molecular weight is 279 g/mol. The maximum absolute atomic E-state index is 6.04. The van der Waals surface area contributed by atoms with Crippen LogP contribution in [0, 0.1) is 0 Å². The van der Waals surface area contributed by atoms with Crippen molar-refractivity contribution in [1.82, 2.24) is 9.55 Å². The van der Waals surface area contributed by atoms with Crippen molar-refractivity contribution in [2.75, 3.05) is 6.54 Å². The van der Waals surface area contributed by atoms with E-state index in [-0.39, 0.29) is 0 Å². The van der Waals surface area contributed by atoms with Crippen LogP contribution in [0.15, 0.2) is 4.73 Å². The van der Waals surface area contributed by atoms with Crippen molar-refractivity contribution in [2.24, 2.45) is 5.73 Å². The van der Waals surface area contributed by atoms with Gasteiger partial charge in [0.05, 0.1) is 5.69 Å². The van der Waals surface area contributed by atoms with Crippen LogP contribution in [-0.2, 0) is 6.42 Å². The SMILES string of the molecule is NCCC1CCCc2c(Cl)nc(Br)n21. The van der Waals surface area contributed by atoms with Crippen LogP contribution < -0.4 is 5.73 Å². The molecule has 0 aliphatic carbocycles. The van der Waals surface area contributed by atoms with Crippen molar-refractivity contribution >= 4 is 27.5 Å². The number of fused-ring (bicyclic) bond motifs is 1. The minimum atomic E-state index is 0.470. The molecule has 1 unspecified atom stereocenters. The van der Waals surface area contributed by atoms with Gasteiger partial charge in [-0.3, -0.25) is 0 Å². The lowest BCUT2D eigenvalue weighted by Gasteiger charge is -2.25. The molecular weight excluding hydrogens is 265 g/mol. The fraction of sp³-hybridized carbons (Fsp3) is 0.667. The van der Waals surface area contributed by atoms with Crippen LogP contribution in [0.4, 0.5) is 0 Å². The minimum Gasteiger partial charge on any atom is -0.330 e. The van der Waals surface area contributed by atoms with Gasteiger partial charge in [-0.05, 0) is 48.2 Å². The van der Waals surface area contributed by atoms with Crippen LogP contribution in [0.1, 0.15) is 31.0 Å². The number of hydrogen-bond acceptors (Lipinski definition) is 2. The number of imidazole rings is 1. The Balaban J connectivity index is 2.37. The summed E-state index contributed by atoms with van der Waals surface area (Å²) in [5.41, 5.74) is 6.75. The van der Waals surface area contributed by atoms with Gasteiger partial charge in [0.1, 0.15) is 0 Å². The molecule has 0 saturated carbocycles. The maximum atomic E-state index is 6.04. The van der Waals surface area contributed by atoms with E-state index in [1.807, 2.05) is 0 Å². The highest BCUT2D eigenvalue weighted by atomic mass is 79.9. The molecule has 14 heavy (non-hydrogen) atoms. The zero-order valence-electron chi connectivity index (χ0n) is 7.84. The first-order chi connectivity index (χ1) is 6.74. The number of rotatable bonds is 2. The van der Waals surface area contributed by atoms with E-state index in [2.05, 4.69) is 25.5 Å². The first kappa shape index (κ1) is 10.5. The van der Waals surface area contributed by atoms with Crippen LogP contribution in [0.2, 0.25) is 5.15 Å². The lowest BCUT2D eigenvalue weighted by Crippen LogP contribution is -2.20. The predicted octanol–water partition coefficient (Wildman–Crippen LogP) is 2.53. The van der Waals surface area contributed by atoms with Gasteiger partial charge in [-0.25, -0.2) is 4.98 Å². The third kappa shape index (κ3) is 1.71. The Labute approximate surface area is 96.8 Å². The van der Waals surface area contributed by atoms with E-state index >= 15 is 0 Å². The summed E-state index contributed by atoms with van der Waals surface area (Å²) in [7, 11) is 0. The molecule has 2 heterocycles. The Morgan fingerprint density at radius 2 is 2.43 bits per heavy atom. The lowest BCUT2D eigenvalue weighted by molar-refractivity contribution is 0.377. The summed E-state index contributed by atoms with van der Waals surface area (Å²) in [5.74, 6) is 0. The number of hydrogen-bond donors (Lipinski definition) is 1. The molecule has 0 saturated heterocycles. The van der Waals surface area contributed by atoms with E-state index in [4.69, 9.17) is 17.3 Å². The number of nitrogens with zero attached hydrogens (tertiary/aromatic N) is 2. The molecule has 0 spiro atoms. The second-order valence-electron chi connectivity index (χ2n) is 3.61. The van der Waals surface area contributed by atoms with Crippen LogP contribution in [-0.4, -0.2) is 16.1 Å². The van der Waals surface area contributed by atoms with E-state index in [0.717, 1.165) is 23.3 Å². The van der Waals surface area contributed by atoms with E-state index in [1.165, 1.54) is 12.8 Å². The summed E-state index contributed by atoms with van der Waals surface area (Å²) >= 11 is 9.48. The third-order valence-electron chi connectivity index (χ3n) is 2.73. The van der Waals surface area contributed by atoms with Gasteiger partial charge < -0.3 is 10.3 Å². The topological polar surface area (TPSA) is 43.8 Å². The predicted molar refractivity (Wildman–Crippen MR) is 60.6 cm³/mol. The van der Waals surface area contributed by atoms with Crippen molar-refractivity contribution in [1.29, 1.82) is 0 Å². The highest BCUT2D eigenvalue weighted by molar-refractivity contribution is 9.10. The summed E-state index contributed by atoms with van der Waals surface area (Å²) in [5, 5.41) is 0.638. The molecular formula is C9H13BrClN3. The molecule has 0 amide bonds. The van der Waals surface area contributed by atoms with Gasteiger partial charge in [-0.2, -0.15) is 0 Å². The van der Waals surface area contributed by atoms with Gasteiger partial charge >= 0.3 is 0 Å². The van der Waals surface area contributed by atoms with Crippen LogP contribution in [0.25, 0.3) is 0 Å². The lowest BCUT2D eigenvalue weighted by atomic mass is 10.0. The molecule has 1 atom stereocenters. The molecule has 2 N–H and O–H groups in total. The Bertz CT molecular complexity index is 337. The normalized spacial score (nSPS) is 20.9. The average Bonchev–Trinajstić information content (AvgIpc) is 2.44. The zero-order valence-corrected chi connectivity index (χ0v) is 10.2. The quantitative estimate of drug-likeness (QED) is 0.903. The maximum Gasteiger partial charge on any atom is 0.179 e. The molecule has 0 aromatic carbocycles. The number of nitrogens with two attached hydrogens (primary N) is 1.